The van der Waals surface area contributed by atoms with Gasteiger partial charge in [-0.15, -0.1) is 0 Å². The Bertz CT molecular complexity index is 1150. The number of carbonyl (C=O) groups excluding carboxylic acids is 4. The van der Waals surface area contributed by atoms with E-state index in [0.29, 0.717) is 11.3 Å². The van der Waals surface area contributed by atoms with Crippen molar-refractivity contribution in [2.45, 2.75) is 52.5 Å². The fraction of sp³-hybridized carbons (Fsp3) is 0.467. The second kappa shape index (κ2) is 13.9. The lowest BCUT2D eigenvalue weighted by Crippen LogP contribution is -2.81. The van der Waals surface area contributed by atoms with Crippen LogP contribution in [0.2, 0.25) is 0 Å². The van der Waals surface area contributed by atoms with Crippen molar-refractivity contribution >= 4 is 23.8 Å². The summed E-state index contributed by atoms with van der Waals surface area (Å²) in [4.78, 5) is 55.4. The Morgan fingerprint density at radius 1 is 0.850 bits per heavy atom. The highest BCUT2D eigenvalue weighted by atomic mass is 16.6. The van der Waals surface area contributed by atoms with E-state index in [0.717, 1.165) is 5.56 Å². The zero-order valence-corrected chi connectivity index (χ0v) is 23.6. The number of hydrogen-bond donors (Lipinski definition) is 0. The fourth-order valence-electron chi connectivity index (χ4n) is 5.04. The molecule has 1 aliphatic rings. The minimum absolute atomic E-state index is 0.00441. The lowest BCUT2D eigenvalue weighted by atomic mass is 9.63. The number of β-lactam (4-membered cyclic amide) rings is 1. The van der Waals surface area contributed by atoms with E-state index in [1.807, 2.05) is 30.3 Å². The number of amides is 1. The summed E-state index contributed by atoms with van der Waals surface area (Å²) in [5.74, 6) is -5.81. The number of benzene rings is 2. The molecule has 2 aromatic rings. The number of esters is 3. The monoisotopic (exact) mass is 555 g/mol. The molecule has 3 rings (SSSR count). The van der Waals surface area contributed by atoms with Crippen molar-refractivity contribution < 1.29 is 42.9 Å². The van der Waals surface area contributed by atoms with Crippen LogP contribution in [0, 0.1) is 11.8 Å². The smallest absolute Gasteiger partial charge is 0.335 e. The van der Waals surface area contributed by atoms with Crippen molar-refractivity contribution in [3.63, 3.8) is 0 Å². The molecule has 0 aliphatic carbocycles. The maximum absolute atomic E-state index is 13.9. The largest absolute Gasteiger partial charge is 0.497 e. The van der Waals surface area contributed by atoms with Gasteiger partial charge >= 0.3 is 17.9 Å². The maximum atomic E-state index is 13.9. The molecule has 3 atom stereocenters. The number of methoxy groups -OCH3 is 1. The Kier molecular flexibility index (Phi) is 10.7. The van der Waals surface area contributed by atoms with E-state index in [2.05, 4.69) is 0 Å². The van der Waals surface area contributed by atoms with E-state index in [-0.39, 0.29) is 33.0 Å². The zero-order valence-electron chi connectivity index (χ0n) is 23.6. The molecule has 0 saturated carbocycles. The number of nitrogens with zero attached hydrogens (tertiary/aromatic N) is 1. The maximum Gasteiger partial charge on any atom is 0.335 e. The fourth-order valence-corrected chi connectivity index (χ4v) is 5.04. The van der Waals surface area contributed by atoms with Crippen molar-refractivity contribution in [1.82, 2.24) is 4.90 Å². The Balaban J connectivity index is 2.12. The predicted octanol–water partition coefficient (Wildman–Crippen LogP) is 3.30. The molecule has 10 heteroatoms. The molecule has 0 radical (unpaired) electrons. The van der Waals surface area contributed by atoms with Crippen LogP contribution in [0.5, 0.6) is 5.75 Å². The number of hydrogen-bond acceptors (Lipinski definition) is 9. The molecule has 1 saturated heterocycles. The number of rotatable bonds is 14. The molecule has 0 bridgehead atoms. The molecular formula is C30H37NO9. The van der Waals surface area contributed by atoms with Crippen LogP contribution in [0.15, 0.2) is 54.6 Å². The first-order valence-electron chi connectivity index (χ1n) is 13.4. The molecule has 1 amide bonds. The third-order valence-corrected chi connectivity index (χ3v) is 6.93. The molecule has 0 N–H and O–H groups in total. The number of carbonyl (C=O) groups is 4. The van der Waals surface area contributed by atoms with Crippen LogP contribution in [0.4, 0.5) is 0 Å². The number of ether oxygens (including phenoxy) is 5. The molecule has 0 spiro atoms. The molecule has 0 aromatic heterocycles. The van der Waals surface area contributed by atoms with Crippen LogP contribution in [0.25, 0.3) is 0 Å². The van der Waals surface area contributed by atoms with Crippen LogP contribution < -0.4 is 4.74 Å². The van der Waals surface area contributed by atoms with E-state index in [4.69, 9.17) is 23.7 Å². The molecule has 216 valence electrons. The lowest BCUT2D eigenvalue weighted by molar-refractivity contribution is -0.222. The van der Waals surface area contributed by atoms with Crippen molar-refractivity contribution in [2.24, 2.45) is 11.8 Å². The van der Waals surface area contributed by atoms with E-state index in [1.165, 1.54) is 4.90 Å². The average molecular weight is 556 g/mol. The first-order valence-corrected chi connectivity index (χ1v) is 13.4. The SMILES string of the molecule is CCOC(=O)C(C(=O)OCC)[C@@H]1C(=O)N(Cc2ccc(OC)cc2)[C@@]1(C(=O)OCC)[C@H](C)OCc1ccccc1. The highest BCUT2D eigenvalue weighted by Crippen LogP contribution is 2.49. The van der Waals surface area contributed by atoms with Crippen molar-refractivity contribution in [2.75, 3.05) is 26.9 Å². The standard InChI is InChI=1S/C30H37NO9/c1-6-37-27(33)24(28(34)38-7-2)25-26(32)31(18-21-14-16-23(36-5)17-15-21)30(25,29(35)39-8-3)20(4)40-19-22-12-10-9-11-13-22/h9-17,20,24-25H,6-8,18-19H2,1-5H3/t20-,25+,30-/m0/s1. The van der Waals surface area contributed by atoms with Gasteiger partial charge in [0.25, 0.3) is 0 Å². The minimum atomic E-state index is -1.83. The highest BCUT2D eigenvalue weighted by Gasteiger charge is 2.73. The predicted molar refractivity (Wildman–Crippen MR) is 144 cm³/mol. The van der Waals surface area contributed by atoms with Crippen molar-refractivity contribution in [3.05, 3.63) is 65.7 Å². The van der Waals surface area contributed by atoms with Crippen molar-refractivity contribution in [3.8, 4) is 5.75 Å². The van der Waals surface area contributed by atoms with Crippen LogP contribution in [0.1, 0.15) is 38.8 Å². The summed E-state index contributed by atoms with van der Waals surface area (Å²) in [7, 11) is 1.54. The van der Waals surface area contributed by atoms with Crippen LogP contribution >= 0.6 is 0 Å². The second-order valence-corrected chi connectivity index (χ2v) is 9.22. The van der Waals surface area contributed by atoms with Crippen molar-refractivity contribution in [1.29, 1.82) is 0 Å². The van der Waals surface area contributed by atoms with Gasteiger partial charge in [-0.3, -0.25) is 14.4 Å². The molecular weight excluding hydrogens is 518 g/mol. The summed E-state index contributed by atoms with van der Waals surface area (Å²) in [6.07, 6.45) is -0.987. The third-order valence-electron chi connectivity index (χ3n) is 6.93. The van der Waals surface area contributed by atoms with Gasteiger partial charge in [0.15, 0.2) is 11.5 Å². The van der Waals surface area contributed by atoms with Gasteiger partial charge in [0.05, 0.1) is 45.6 Å². The van der Waals surface area contributed by atoms with Gasteiger partial charge < -0.3 is 28.6 Å². The molecule has 1 aliphatic heterocycles. The first kappa shape index (κ1) is 30.6. The Morgan fingerprint density at radius 2 is 1.43 bits per heavy atom. The molecule has 2 aromatic carbocycles. The van der Waals surface area contributed by atoms with E-state index >= 15 is 0 Å². The normalized spacial score (nSPS) is 19.0. The van der Waals surface area contributed by atoms with Gasteiger partial charge in [-0.2, -0.15) is 0 Å². The van der Waals surface area contributed by atoms with Gasteiger partial charge in [0, 0.05) is 6.54 Å². The second-order valence-electron chi connectivity index (χ2n) is 9.22. The van der Waals surface area contributed by atoms with E-state index in [1.54, 1.807) is 59.1 Å². The quantitative estimate of drug-likeness (QED) is 0.150. The Labute approximate surface area is 234 Å². The molecule has 40 heavy (non-hydrogen) atoms. The summed E-state index contributed by atoms with van der Waals surface area (Å²) in [5.41, 5.74) is -0.295. The Hall–Kier alpha value is -3.92. The molecule has 0 unspecified atom stereocenters. The average Bonchev–Trinajstić information content (AvgIpc) is 2.96. The minimum Gasteiger partial charge on any atom is -0.497 e. The zero-order chi connectivity index (χ0) is 29.3. The van der Waals surface area contributed by atoms with Gasteiger partial charge in [-0.1, -0.05) is 42.5 Å². The van der Waals surface area contributed by atoms with Crippen LogP contribution in [-0.2, 0) is 51.3 Å². The summed E-state index contributed by atoms with van der Waals surface area (Å²) in [6, 6.07) is 16.3. The van der Waals surface area contributed by atoms with E-state index in [9.17, 15) is 19.2 Å². The van der Waals surface area contributed by atoms with Crippen LogP contribution in [0.3, 0.4) is 0 Å². The van der Waals surface area contributed by atoms with Gasteiger partial charge in [0.2, 0.25) is 5.91 Å². The molecule has 10 nitrogen and oxygen atoms in total. The third kappa shape index (κ3) is 6.12. The number of likely N-dealkylation sites (tertiary alicyclic amines) is 1. The summed E-state index contributed by atoms with van der Waals surface area (Å²) < 4.78 is 27.3. The topological polar surface area (TPSA) is 118 Å². The van der Waals surface area contributed by atoms with Gasteiger partial charge in [-0.05, 0) is 51.0 Å². The summed E-state index contributed by atoms with van der Waals surface area (Å²) >= 11 is 0. The molecule has 1 heterocycles. The summed E-state index contributed by atoms with van der Waals surface area (Å²) in [5, 5.41) is 0. The van der Waals surface area contributed by atoms with Crippen LogP contribution in [-0.4, -0.2) is 67.3 Å². The first-order chi connectivity index (χ1) is 19.3. The van der Waals surface area contributed by atoms with E-state index < -0.39 is 47.3 Å². The van der Waals surface area contributed by atoms with Gasteiger partial charge in [0.1, 0.15) is 5.75 Å². The van der Waals surface area contributed by atoms with Gasteiger partial charge in [-0.25, -0.2) is 4.79 Å². The highest BCUT2D eigenvalue weighted by molar-refractivity contribution is 6.09. The lowest BCUT2D eigenvalue weighted by Gasteiger charge is -2.58. The Morgan fingerprint density at radius 3 is 1.95 bits per heavy atom. The summed E-state index contributed by atoms with van der Waals surface area (Å²) in [6.45, 7) is 6.50. The molecule has 1 fully saturated rings.